The van der Waals surface area contributed by atoms with Crippen molar-refractivity contribution in [1.82, 2.24) is 19.9 Å². The Balaban J connectivity index is 1.96. The van der Waals surface area contributed by atoms with Crippen molar-refractivity contribution in [2.24, 2.45) is 0 Å². The summed E-state index contributed by atoms with van der Waals surface area (Å²) in [7, 11) is 0. The maximum absolute atomic E-state index is 4.21. The molecule has 3 aromatic rings. The van der Waals surface area contributed by atoms with Crippen LogP contribution in [-0.4, -0.2) is 19.9 Å². The third kappa shape index (κ3) is 1.92. The van der Waals surface area contributed by atoms with Gasteiger partial charge in [0.25, 0.3) is 0 Å². The van der Waals surface area contributed by atoms with Gasteiger partial charge in [0.15, 0.2) is 0 Å². The van der Waals surface area contributed by atoms with E-state index in [1.807, 2.05) is 36.5 Å². The van der Waals surface area contributed by atoms with Gasteiger partial charge in [0, 0.05) is 29.7 Å². The molecule has 0 spiro atoms. The van der Waals surface area contributed by atoms with Gasteiger partial charge in [-0.25, -0.2) is 15.0 Å². The van der Waals surface area contributed by atoms with Gasteiger partial charge in [-0.05, 0) is 6.07 Å². The highest BCUT2D eigenvalue weighted by atomic mass is 14.9. The fourth-order valence-electron chi connectivity index (χ4n) is 1.68. The second kappa shape index (κ2) is 4.17. The van der Waals surface area contributed by atoms with E-state index >= 15 is 0 Å². The highest BCUT2D eigenvalue weighted by Crippen LogP contribution is 2.20. The summed E-state index contributed by atoms with van der Waals surface area (Å²) in [5.74, 6) is 0.874. The molecule has 0 bridgehead atoms. The van der Waals surface area contributed by atoms with Crippen molar-refractivity contribution in [3.05, 3.63) is 55.2 Å². The van der Waals surface area contributed by atoms with Crippen molar-refractivity contribution in [3.63, 3.8) is 0 Å². The van der Waals surface area contributed by atoms with Gasteiger partial charge in [-0.15, -0.1) is 0 Å². The fourth-order valence-corrected chi connectivity index (χ4v) is 1.68. The Kier molecular flexibility index (Phi) is 2.38. The smallest absolute Gasteiger partial charge is 0.137 e. The van der Waals surface area contributed by atoms with Crippen LogP contribution in [0.3, 0.4) is 0 Å². The summed E-state index contributed by atoms with van der Waals surface area (Å²) in [6, 6.07) is 9.99. The third-order valence-electron chi connectivity index (χ3n) is 2.53. The first-order valence-electron chi connectivity index (χ1n) is 5.30. The second-order valence-corrected chi connectivity index (χ2v) is 3.61. The Morgan fingerprint density at radius 1 is 0.824 bits per heavy atom. The third-order valence-corrected chi connectivity index (χ3v) is 2.53. The standard InChI is InChI=1S/C13H10N4/c1-3-11(13-15-7-8-16-13)4-2-10(1)12-5-6-14-9-17-12/h1-9H,(H,15,16). The molecule has 0 fully saturated rings. The van der Waals surface area contributed by atoms with Gasteiger partial charge in [0.05, 0.1) is 5.69 Å². The molecule has 82 valence electrons. The summed E-state index contributed by atoms with van der Waals surface area (Å²) in [6.45, 7) is 0. The van der Waals surface area contributed by atoms with E-state index in [2.05, 4.69) is 19.9 Å². The molecule has 1 N–H and O–H groups in total. The molecule has 0 radical (unpaired) electrons. The van der Waals surface area contributed by atoms with Crippen molar-refractivity contribution in [1.29, 1.82) is 0 Å². The molecule has 0 aliphatic carbocycles. The molecule has 0 saturated carbocycles. The zero-order chi connectivity index (χ0) is 11.5. The predicted octanol–water partition coefficient (Wildman–Crippen LogP) is 2.53. The molecular weight excluding hydrogens is 212 g/mol. The Morgan fingerprint density at radius 2 is 1.65 bits per heavy atom. The first-order chi connectivity index (χ1) is 8.43. The van der Waals surface area contributed by atoms with E-state index in [1.54, 1.807) is 18.7 Å². The largest absolute Gasteiger partial charge is 0.345 e. The molecule has 2 aromatic heterocycles. The summed E-state index contributed by atoms with van der Waals surface area (Å²) in [5, 5.41) is 0. The van der Waals surface area contributed by atoms with Crippen molar-refractivity contribution < 1.29 is 0 Å². The Hall–Kier alpha value is -2.49. The minimum Gasteiger partial charge on any atom is -0.345 e. The summed E-state index contributed by atoms with van der Waals surface area (Å²) in [5.41, 5.74) is 3.06. The lowest BCUT2D eigenvalue weighted by atomic mass is 10.1. The number of H-pyrrole nitrogens is 1. The lowest BCUT2D eigenvalue weighted by Crippen LogP contribution is -1.85. The molecule has 0 unspecified atom stereocenters. The zero-order valence-electron chi connectivity index (χ0n) is 9.04. The fraction of sp³-hybridized carbons (Fsp3) is 0. The van der Waals surface area contributed by atoms with Crippen LogP contribution in [0.1, 0.15) is 0 Å². The molecule has 0 atom stereocenters. The van der Waals surface area contributed by atoms with E-state index in [-0.39, 0.29) is 0 Å². The van der Waals surface area contributed by atoms with Gasteiger partial charge in [-0.1, -0.05) is 24.3 Å². The van der Waals surface area contributed by atoms with E-state index in [4.69, 9.17) is 0 Å². The molecule has 4 nitrogen and oxygen atoms in total. The van der Waals surface area contributed by atoms with Gasteiger partial charge in [0.1, 0.15) is 12.2 Å². The number of hydrogen-bond donors (Lipinski definition) is 1. The number of aromatic amines is 1. The van der Waals surface area contributed by atoms with Gasteiger partial charge in [-0.3, -0.25) is 0 Å². The molecule has 0 saturated heterocycles. The Labute approximate surface area is 98.4 Å². The average molecular weight is 222 g/mol. The van der Waals surface area contributed by atoms with Crippen LogP contribution >= 0.6 is 0 Å². The monoisotopic (exact) mass is 222 g/mol. The van der Waals surface area contributed by atoms with Gasteiger partial charge in [0.2, 0.25) is 0 Å². The number of imidazole rings is 1. The highest BCUT2D eigenvalue weighted by molar-refractivity contribution is 5.64. The van der Waals surface area contributed by atoms with Crippen LogP contribution in [0.15, 0.2) is 55.2 Å². The average Bonchev–Trinajstić information content (AvgIpc) is 2.94. The zero-order valence-corrected chi connectivity index (χ0v) is 9.04. The lowest BCUT2D eigenvalue weighted by molar-refractivity contribution is 1.17. The van der Waals surface area contributed by atoms with E-state index in [0.717, 1.165) is 22.6 Å². The molecule has 0 amide bonds. The van der Waals surface area contributed by atoms with E-state index in [0.29, 0.717) is 0 Å². The Bertz CT molecular complexity index is 585. The molecule has 17 heavy (non-hydrogen) atoms. The van der Waals surface area contributed by atoms with Crippen molar-refractivity contribution in [2.75, 3.05) is 0 Å². The van der Waals surface area contributed by atoms with E-state index in [1.165, 1.54) is 0 Å². The quantitative estimate of drug-likeness (QED) is 0.724. The van der Waals surface area contributed by atoms with Crippen LogP contribution in [0.25, 0.3) is 22.6 Å². The summed E-state index contributed by atoms with van der Waals surface area (Å²) >= 11 is 0. The van der Waals surface area contributed by atoms with Crippen LogP contribution < -0.4 is 0 Å². The summed E-state index contributed by atoms with van der Waals surface area (Å²) in [4.78, 5) is 15.4. The first-order valence-corrected chi connectivity index (χ1v) is 5.30. The van der Waals surface area contributed by atoms with Crippen LogP contribution in [0.4, 0.5) is 0 Å². The second-order valence-electron chi connectivity index (χ2n) is 3.61. The van der Waals surface area contributed by atoms with E-state index in [9.17, 15) is 0 Å². The maximum atomic E-state index is 4.21. The first kappa shape index (κ1) is 9.72. The number of benzene rings is 1. The minimum absolute atomic E-state index is 0.874. The number of nitrogens with one attached hydrogen (secondary N) is 1. The SMILES string of the molecule is c1cc(-c2ccc(-c3ncc[nH]3)cc2)ncn1. The summed E-state index contributed by atoms with van der Waals surface area (Å²) in [6.07, 6.45) is 6.85. The minimum atomic E-state index is 0.874. The topological polar surface area (TPSA) is 54.5 Å². The molecule has 4 heteroatoms. The van der Waals surface area contributed by atoms with Crippen LogP contribution in [0, 0.1) is 0 Å². The molecule has 0 aliphatic heterocycles. The van der Waals surface area contributed by atoms with Gasteiger partial charge in [-0.2, -0.15) is 0 Å². The summed E-state index contributed by atoms with van der Waals surface area (Å²) < 4.78 is 0. The highest BCUT2D eigenvalue weighted by Gasteiger charge is 2.01. The molecule has 2 heterocycles. The number of nitrogens with zero attached hydrogens (tertiary/aromatic N) is 3. The molecular formula is C13H10N4. The lowest BCUT2D eigenvalue weighted by Gasteiger charge is -2.01. The van der Waals surface area contributed by atoms with Crippen LogP contribution in [0.5, 0.6) is 0 Å². The number of aromatic nitrogens is 4. The number of hydrogen-bond acceptors (Lipinski definition) is 3. The number of rotatable bonds is 2. The molecule has 3 rings (SSSR count). The van der Waals surface area contributed by atoms with Crippen LogP contribution in [-0.2, 0) is 0 Å². The van der Waals surface area contributed by atoms with Crippen molar-refractivity contribution >= 4 is 0 Å². The van der Waals surface area contributed by atoms with E-state index < -0.39 is 0 Å². The van der Waals surface area contributed by atoms with Gasteiger partial charge >= 0.3 is 0 Å². The molecule has 1 aromatic carbocycles. The van der Waals surface area contributed by atoms with Crippen LogP contribution in [0.2, 0.25) is 0 Å². The van der Waals surface area contributed by atoms with Crippen molar-refractivity contribution in [3.8, 4) is 22.6 Å². The van der Waals surface area contributed by atoms with Crippen molar-refractivity contribution in [2.45, 2.75) is 0 Å². The van der Waals surface area contributed by atoms with Gasteiger partial charge < -0.3 is 4.98 Å². The maximum Gasteiger partial charge on any atom is 0.137 e. The normalized spacial score (nSPS) is 10.4. The Morgan fingerprint density at radius 3 is 2.29 bits per heavy atom. The molecule has 0 aliphatic rings. The predicted molar refractivity (Wildman–Crippen MR) is 65.0 cm³/mol.